The Morgan fingerprint density at radius 2 is 2.20 bits per heavy atom. The predicted octanol–water partition coefficient (Wildman–Crippen LogP) is 3.63. The molecule has 0 radical (unpaired) electrons. The Kier molecular flexibility index (Phi) is 5.18. The van der Waals surface area contributed by atoms with Crippen molar-refractivity contribution < 1.29 is 14.6 Å². The Labute approximate surface area is 122 Å². The molecule has 0 aliphatic carbocycles. The van der Waals surface area contributed by atoms with Crippen LogP contribution in [0.3, 0.4) is 0 Å². The van der Waals surface area contributed by atoms with E-state index in [4.69, 9.17) is 4.74 Å². The Bertz CT molecular complexity index is 549. The van der Waals surface area contributed by atoms with E-state index < -0.39 is 5.97 Å². The van der Waals surface area contributed by atoms with Gasteiger partial charge in [0.25, 0.3) is 0 Å². The van der Waals surface area contributed by atoms with Crippen LogP contribution in [0.15, 0.2) is 41.8 Å². The van der Waals surface area contributed by atoms with Crippen LogP contribution in [0.2, 0.25) is 0 Å². The maximum absolute atomic E-state index is 11.4. The number of thiophene rings is 1. The van der Waals surface area contributed by atoms with Crippen molar-refractivity contribution in [3.05, 3.63) is 52.2 Å². The molecule has 3 nitrogen and oxygen atoms in total. The first-order valence-corrected chi connectivity index (χ1v) is 7.45. The van der Waals surface area contributed by atoms with Gasteiger partial charge in [-0.05, 0) is 48.4 Å². The largest absolute Gasteiger partial charge is 0.497 e. The summed E-state index contributed by atoms with van der Waals surface area (Å²) in [6, 6.07) is 11.7. The SMILES string of the molecule is COc1cccc(CC(CCc2cccs2)C(=O)O)c1. The van der Waals surface area contributed by atoms with Gasteiger partial charge in [-0.25, -0.2) is 0 Å². The number of hydrogen-bond acceptors (Lipinski definition) is 3. The van der Waals surface area contributed by atoms with Crippen molar-refractivity contribution in [3.63, 3.8) is 0 Å². The van der Waals surface area contributed by atoms with Gasteiger partial charge in [0.2, 0.25) is 0 Å². The molecular weight excluding hydrogens is 272 g/mol. The fraction of sp³-hybridized carbons (Fsp3) is 0.312. The minimum Gasteiger partial charge on any atom is -0.497 e. The topological polar surface area (TPSA) is 46.5 Å². The van der Waals surface area contributed by atoms with Gasteiger partial charge in [0, 0.05) is 4.88 Å². The van der Waals surface area contributed by atoms with Gasteiger partial charge in [0.1, 0.15) is 5.75 Å². The molecule has 0 saturated heterocycles. The number of aliphatic carboxylic acids is 1. The van der Waals surface area contributed by atoms with Gasteiger partial charge in [0.15, 0.2) is 0 Å². The average molecular weight is 290 g/mol. The molecule has 0 aliphatic heterocycles. The molecule has 1 unspecified atom stereocenters. The summed E-state index contributed by atoms with van der Waals surface area (Å²) in [7, 11) is 1.62. The van der Waals surface area contributed by atoms with Gasteiger partial charge in [-0.1, -0.05) is 18.2 Å². The second kappa shape index (κ2) is 7.10. The first-order valence-electron chi connectivity index (χ1n) is 6.57. The second-order valence-electron chi connectivity index (χ2n) is 4.71. The summed E-state index contributed by atoms with van der Waals surface area (Å²) in [5.74, 6) is -0.321. The number of aryl methyl sites for hydroxylation is 1. The number of rotatable bonds is 7. The van der Waals surface area contributed by atoms with Gasteiger partial charge >= 0.3 is 5.97 Å². The Balaban J connectivity index is 1.99. The third kappa shape index (κ3) is 4.10. The molecule has 0 bridgehead atoms. The summed E-state index contributed by atoms with van der Waals surface area (Å²) in [6.45, 7) is 0. The third-order valence-corrected chi connectivity index (χ3v) is 4.22. The van der Waals surface area contributed by atoms with E-state index in [0.717, 1.165) is 17.7 Å². The van der Waals surface area contributed by atoms with Crippen LogP contribution in [0.5, 0.6) is 5.75 Å². The lowest BCUT2D eigenvalue weighted by atomic mass is 9.94. The molecule has 1 heterocycles. The molecule has 2 aromatic rings. The molecule has 4 heteroatoms. The summed E-state index contributed by atoms with van der Waals surface area (Å²) >= 11 is 1.68. The summed E-state index contributed by atoms with van der Waals surface area (Å²) in [5, 5.41) is 11.4. The van der Waals surface area contributed by atoms with Crippen molar-refractivity contribution in [1.82, 2.24) is 0 Å². The predicted molar refractivity (Wildman–Crippen MR) is 80.5 cm³/mol. The minimum absolute atomic E-state index is 0.357. The fourth-order valence-electron chi connectivity index (χ4n) is 2.17. The average Bonchev–Trinajstić information content (AvgIpc) is 2.96. The van der Waals surface area contributed by atoms with Crippen LogP contribution in [-0.2, 0) is 17.6 Å². The number of carboxylic acid groups (broad SMARTS) is 1. The maximum atomic E-state index is 11.4. The summed E-state index contributed by atoms with van der Waals surface area (Å²) in [6.07, 6.45) is 2.02. The van der Waals surface area contributed by atoms with Crippen LogP contribution in [0, 0.1) is 5.92 Å². The van der Waals surface area contributed by atoms with Gasteiger partial charge in [-0.2, -0.15) is 0 Å². The highest BCUT2D eigenvalue weighted by molar-refractivity contribution is 7.09. The third-order valence-electron chi connectivity index (χ3n) is 3.28. The molecule has 1 aromatic heterocycles. The highest BCUT2D eigenvalue weighted by atomic mass is 32.1. The zero-order chi connectivity index (χ0) is 14.4. The van der Waals surface area contributed by atoms with Gasteiger partial charge < -0.3 is 9.84 Å². The zero-order valence-corrected chi connectivity index (χ0v) is 12.2. The van der Waals surface area contributed by atoms with E-state index in [1.165, 1.54) is 4.88 Å². The van der Waals surface area contributed by atoms with Crippen molar-refractivity contribution in [3.8, 4) is 5.75 Å². The van der Waals surface area contributed by atoms with E-state index in [-0.39, 0.29) is 5.92 Å². The number of benzene rings is 1. The number of carbonyl (C=O) groups is 1. The van der Waals surface area contributed by atoms with Gasteiger partial charge in [-0.15, -0.1) is 11.3 Å². The molecule has 1 atom stereocenters. The maximum Gasteiger partial charge on any atom is 0.306 e. The van der Waals surface area contributed by atoms with E-state index in [1.54, 1.807) is 18.4 Å². The molecule has 106 valence electrons. The van der Waals surface area contributed by atoms with E-state index in [2.05, 4.69) is 6.07 Å². The molecule has 0 amide bonds. The van der Waals surface area contributed by atoms with Crippen LogP contribution >= 0.6 is 11.3 Å². The van der Waals surface area contributed by atoms with E-state index >= 15 is 0 Å². The Morgan fingerprint density at radius 3 is 2.85 bits per heavy atom. The molecule has 1 N–H and O–H groups in total. The molecule has 0 aliphatic rings. The first kappa shape index (κ1) is 14.6. The molecular formula is C16H18O3S. The quantitative estimate of drug-likeness (QED) is 0.847. The lowest BCUT2D eigenvalue weighted by Crippen LogP contribution is -2.17. The van der Waals surface area contributed by atoms with E-state index in [1.807, 2.05) is 35.7 Å². The summed E-state index contributed by atoms with van der Waals surface area (Å²) < 4.78 is 5.17. The number of methoxy groups -OCH3 is 1. The van der Waals surface area contributed by atoms with Crippen molar-refractivity contribution >= 4 is 17.3 Å². The lowest BCUT2D eigenvalue weighted by Gasteiger charge is -2.12. The fourth-order valence-corrected chi connectivity index (χ4v) is 2.89. The van der Waals surface area contributed by atoms with Crippen molar-refractivity contribution in [1.29, 1.82) is 0 Å². The number of carboxylic acids is 1. The standard InChI is InChI=1S/C16H18O3S/c1-19-14-5-2-4-12(11-14)10-13(16(17)18)7-8-15-6-3-9-20-15/h2-6,9,11,13H,7-8,10H2,1H3,(H,17,18). The van der Waals surface area contributed by atoms with Crippen molar-refractivity contribution in [2.45, 2.75) is 19.3 Å². The summed E-state index contributed by atoms with van der Waals surface area (Å²) in [4.78, 5) is 12.6. The highest BCUT2D eigenvalue weighted by Crippen LogP contribution is 2.21. The van der Waals surface area contributed by atoms with Gasteiger partial charge in [0.05, 0.1) is 13.0 Å². The normalized spacial score (nSPS) is 12.1. The summed E-state index contributed by atoms with van der Waals surface area (Å²) in [5.41, 5.74) is 1.00. The van der Waals surface area contributed by atoms with Crippen LogP contribution in [0.25, 0.3) is 0 Å². The monoisotopic (exact) mass is 290 g/mol. The minimum atomic E-state index is -0.732. The van der Waals surface area contributed by atoms with E-state index in [0.29, 0.717) is 12.8 Å². The highest BCUT2D eigenvalue weighted by Gasteiger charge is 2.18. The van der Waals surface area contributed by atoms with Crippen LogP contribution in [0.1, 0.15) is 16.9 Å². The Hall–Kier alpha value is -1.81. The van der Waals surface area contributed by atoms with Crippen LogP contribution in [-0.4, -0.2) is 18.2 Å². The van der Waals surface area contributed by atoms with Crippen LogP contribution in [0.4, 0.5) is 0 Å². The van der Waals surface area contributed by atoms with Gasteiger partial charge in [-0.3, -0.25) is 4.79 Å². The molecule has 0 saturated carbocycles. The smallest absolute Gasteiger partial charge is 0.306 e. The Morgan fingerprint density at radius 1 is 1.35 bits per heavy atom. The second-order valence-corrected chi connectivity index (χ2v) is 5.74. The molecule has 20 heavy (non-hydrogen) atoms. The number of ether oxygens (including phenoxy) is 1. The van der Waals surface area contributed by atoms with Crippen molar-refractivity contribution in [2.75, 3.05) is 7.11 Å². The molecule has 0 spiro atoms. The lowest BCUT2D eigenvalue weighted by molar-refractivity contribution is -0.141. The van der Waals surface area contributed by atoms with Crippen molar-refractivity contribution in [2.24, 2.45) is 5.92 Å². The molecule has 1 aromatic carbocycles. The zero-order valence-electron chi connectivity index (χ0n) is 11.4. The molecule has 2 rings (SSSR count). The van der Waals surface area contributed by atoms with Crippen LogP contribution < -0.4 is 4.74 Å². The molecule has 0 fully saturated rings. The first-order chi connectivity index (χ1) is 9.69. The number of hydrogen-bond donors (Lipinski definition) is 1. The van der Waals surface area contributed by atoms with E-state index in [9.17, 15) is 9.90 Å².